The van der Waals surface area contributed by atoms with E-state index in [1.54, 1.807) is 23.1 Å². The molecule has 2 heterocycles. The predicted octanol–water partition coefficient (Wildman–Crippen LogP) is 3.18. The van der Waals surface area contributed by atoms with Gasteiger partial charge in [-0.25, -0.2) is 4.98 Å². The summed E-state index contributed by atoms with van der Waals surface area (Å²) in [5.41, 5.74) is 2.32. The van der Waals surface area contributed by atoms with Gasteiger partial charge in [-0.1, -0.05) is 11.8 Å². The van der Waals surface area contributed by atoms with Crippen molar-refractivity contribution in [3.05, 3.63) is 18.2 Å². The van der Waals surface area contributed by atoms with Gasteiger partial charge in [0.1, 0.15) is 0 Å². The third-order valence-electron chi connectivity index (χ3n) is 3.21. The minimum Gasteiger partial charge on any atom is -0.381 e. The molecule has 1 aromatic heterocycles. The number of thioether (sulfide) groups is 1. The first-order valence-corrected chi connectivity index (χ1v) is 8.31. The zero-order valence-corrected chi connectivity index (χ0v) is 12.0. The highest BCUT2D eigenvalue weighted by Gasteiger charge is 2.12. The van der Waals surface area contributed by atoms with E-state index in [4.69, 9.17) is 0 Å². The van der Waals surface area contributed by atoms with E-state index >= 15 is 0 Å². The molecule has 1 unspecified atom stereocenters. The van der Waals surface area contributed by atoms with Crippen molar-refractivity contribution >= 4 is 39.0 Å². The van der Waals surface area contributed by atoms with Crippen LogP contribution in [0, 0.1) is 0 Å². The summed E-state index contributed by atoms with van der Waals surface area (Å²) >= 11 is 3.48. The number of aromatic nitrogens is 1. The Hall–Kier alpha value is -0.780. The molecule has 0 bridgehead atoms. The fourth-order valence-electron chi connectivity index (χ4n) is 2.29. The van der Waals surface area contributed by atoms with Crippen LogP contribution in [0.5, 0.6) is 0 Å². The largest absolute Gasteiger partial charge is 0.381 e. The maximum atomic E-state index is 4.56. The smallest absolute Gasteiger partial charge is 0.150 e. The molecule has 0 aliphatic carbocycles. The number of anilines is 1. The minimum absolute atomic E-state index is 0.559. The van der Waals surface area contributed by atoms with E-state index in [0.717, 1.165) is 22.9 Å². The van der Waals surface area contributed by atoms with Crippen LogP contribution in [0.25, 0.3) is 10.2 Å². The van der Waals surface area contributed by atoms with Crippen LogP contribution in [-0.2, 0) is 0 Å². The summed E-state index contributed by atoms with van der Waals surface area (Å²) in [6.07, 6.45) is 4.59. The van der Waals surface area contributed by atoms with Gasteiger partial charge in [0, 0.05) is 18.3 Å². The molecule has 1 aromatic carbocycles. The maximum absolute atomic E-state index is 4.56. The van der Waals surface area contributed by atoms with Crippen LogP contribution in [0.4, 0.5) is 5.69 Å². The Bertz CT molecular complexity index is 532. The third kappa shape index (κ3) is 2.63. The topological polar surface area (TPSA) is 37.0 Å². The van der Waals surface area contributed by atoms with E-state index in [0.29, 0.717) is 6.04 Å². The highest BCUT2D eigenvalue weighted by Crippen LogP contribution is 2.30. The SMILES string of the molecule is CSc1nc2ccc(NC3CCCNC3)cc2s1. The molecule has 0 amide bonds. The number of nitrogens with one attached hydrogen (secondary N) is 2. The number of rotatable bonds is 3. The van der Waals surface area contributed by atoms with E-state index in [2.05, 4.69) is 40.1 Å². The second kappa shape index (κ2) is 5.47. The second-order valence-corrected chi connectivity index (χ2v) is 6.64. The van der Waals surface area contributed by atoms with Crippen LogP contribution in [0.15, 0.2) is 22.5 Å². The number of fused-ring (bicyclic) bond motifs is 1. The molecule has 1 saturated heterocycles. The van der Waals surface area contributed by atoms with Crippen molar-refractivity contribution in [2.45, 2.75) is 23.2 Å². The summed E-state index contributed by atoms with van der Waals surface area (Å²) in [6, 6.07) is 7.04. The molecule has 1 aliphatic heterocycles. The third-order valence-corrected chi connectivity index (χ3v) is 5.21. The molecule has 0 radical (unpaired) electrons. The summed E-state index contributed by atoms with van der Waals surface area (Å²) in [5.74, 6) is 0. The molecule has 3 nitrogen and oxygen atoms in total. The molecule has 1 atom stereocenters. The number of hydrogen-bond donors (Lipinski definition) is 2. The summed E-state index contributed by atoms with van der Waals surface area (Å²) in [5, 5.41) is 7.04. The lowest BCUT2D eigenvalue weighted by Gasteiger charge is -2.24. The van der Waals surface area contributed by atoms with E-state index in [1.165, 1.54) is 23.2 Å². The Morgan fingerprint density at radius 3 is 3.22 bits per heavy atom. The van der Waals surface area contributed by atoms with Crippen LogP contribution in [-0.4, -0.2) is 30.4 Å². The number of piperidine rings is 1. The van der Waals surface area contributed by atoms with E-state index in [1.807, 2.05) is 0 Å². The second-order valence-electron chi connectivity index (χ2n) is 4.55. The highest BCUT2D eigenvalue weighted by atomic mass is 32.2. The van der Waals surface area contributed by atoms with Gasteiger partial charge in [0.05, 0.1) is 10.2 Å². The summed E-state index contributed by atoms with van der Waals surface area (Å²) in [4.78, 5) is 4.56. The zero-order valence-electron chi connectivity index (χ0n) is 10.4. The van der Waals surface area contributed by atoms with Crippen molar-refractivity contribution in [3.8, 4) is 0 Å². The van der Waals surface area contributed by atoms with Crippen LogP contribution in [0.2, 0.25) is 0 Å². The van der Waals surface area contributed by atoms with Gasteiger partial charge in [-0.15, -0.1) is 11.3 Å². The Morgan fingerprint density at radius 2 is 2.44 bits per heavy atom. The zero-order chi connectivity index (χ0) is 12.4. The van der Waals surface area contributed by atoms with E-state index < -0.39 is 0 Å². The number of benzene rings is 1. The lowest BCUT2D eigenvalue weighted by Crippen LogP contribution is -2.38. The van der Waals surface area contributed by atoms with Gasteiger partial charge in [0.2, 0.25) is 0 Å². The van der Waals surface area contributed by atoms with Crippen molar-refractivity contribution in [1.82, 2.24) is 10.3 Å². The van der Waals surface area contributed by atoms with Gasteiger partial charge in [-0.3, -0.25) is 0 Å². The number of hydrogen-bond acceptors (Lipinski definition) is 5. The van der Waals surface area contributed by atoms with Crippen LogP contribution < -0.4 is 10.6 Å². The van der Waals surface area contributed by atoms with Gasteiger partial charge < -0.3 is 10.6 Å². The minimum atomic E-state index is 0.559. The first-order valence-electron chi connectivity index (χ1n) is 6.27. The van der Waals surface area contributed by atoms with Crippen molar-refractivity contribution in [2.75, 3.05) is 24.7 Å². The summed E-state index contributed by atoms with van der Waals surface area (Å²) < 4.78 is 2.41. The van der Waals surface area contributed by atoms with Crippen LogP contribution in [0.1, 0.15) is 12.8 Å². The van der Waals surface area contributed by atoms with Crippen LogP contribution >= 0.6 is 23.1 Å². The van der Waals surface area contributed by atoms with Crippen molar-refractivity contribution in [3.63, 3.8) is 0 Å². The maximum Gasteiger partial charge on any atom is 0.150 e. The van der Waals surface area contributed by atoms with Gasteiger partial charge in [-0.05, 0) is 43.8 Å². The van der Waals surface area contributed by atoms with Crippen molar-refractivity contribution in [1.29, 1.82) is 0 Å². The predicted molar refractivity (Wildman–Crippen MR) is 80.9 cm³/mol. The average molecular weight is 279 g/mol. The highest BCUT2D eigenvalue weighted by molar-refractivity contribution is 8.00. The molecule has 1 fully saturated rings. The molecule has 0 saturated carbocycles. The number of nitrogens with zero attached hydrogens (tertiary/aromatic N) is 1. The summed E-state index contributed by atoms with van der Waals surface area (Å²) in [6.45, 7) is 2.22. The number of thiazole rings is 1. The first kappa shape index (κ1) is 12.3. The Morgan fingerprint density at radius 1 is 1.50 bits per heavy atom. The van der Waals surface area contributed by atoms with Gasteiger partial charge in [0.25, 0.3) is 0 Å². The van der Waals surface area contributed by atoms with Crippen LogP contribution in [0.3, 0.4) is 0 Å². The molecule has 5 heteroatoms. The lowest BCUT2D eigenvalue weighted by atomic mass is 10.1. The summed E-state index contributed by atoms with van der Waals surface area (Å²) in [7, 11) is 0. The lowest BCUT2D eigenvalue weighted by molar-refractivity contribution is 0.480. The molecular formula is C13H17N3S2. The Labute approximate surface area is 115 Å². The fraction of sp³-hybridized carbons (Fsp3) is 0.462. The molecule has 18 heavy (non-hydrogen) atoms. The average Bonchev–Trinajstić information content (AvgIpc) is 2.82. The first-order chi connectivity index (χ1) is 8.85. The fourth-order valence-corrected chi connectivity index (χ4v) is 3.82. The molecule has 1 aliphatic rings. The normalized spacial score (nSPS) is 20.2. The molecule has 0 spiro atoms. The molecular weight excluding hydrogens is 262 g/mol. The van der Waals surface area contributed by atoms with Gasteiger partial charge >= 0.3 is 0 Å². The van der Waals surface area contributed by atoms with E-state index in [9.17, 15) is 0 Å². The standard InChI is InChI=1S/C13H17N3S2/c1-17-13-16-11-5-4-9(7-12(11)18-13)15-10-3-2-6-14-8-10/h4-5,7,10,14-15H,2-3,6,8H2,1H3. The Balaban J connectivity index is 1.79. The molecule has 2 aromatic rings. The van der Waals surface area contributed by atoms with Crippen molar-refractivity contribution in [2.24, 2.45) is 0 Å². The molecule has 96 valence electrons. The Kier molecular flexibility index (Phi) is 3.72. The van der Waals surface area contributed by atoms with Crippen molar-refractivity contribution < 1.29 is 0 Å². The van der Waals surface area contributed by atoms with E-state index in [-0.39, 0.29) is 0 Å². The van der Waals surface area contributed by atoms with Gasteiger partial charge in [0.15, 0.2) is 4.34 Å². The van der Waals surface area contributed by atoms with Gasteiger partial charge in [-0.2, -0.15) is 0 Å². The quantitative estimate of drug-likeness (QED) is 0.846. The molecule has 2 N–H and O–H groups in total. The monoisotopic (exact) mass is 279 g/mol. The molecule has 3 rings (SSSR count).